The van der Waals surface area contributed by atoms with Crippen molar-refractivity contribution in [1.82, 2.24) is 5.32 Å². The predicted octanol–water partition coefficient (Wildman–Crippen LogP) is 4.24. The van der Waals surface area contributed by atoms with Crippen LogP contribution in [-0.2, 0) is 4.79 Å². The van der Waals surface area contributed by atoms with Gasteiger partial charge in [-0.05, 0) is 37.5 Å². The molecule has 0 saturated heterocycles. The summed E-state index contributed by atoms with van der Waals surface area (Å²) in [4.78, 5) is 25.6. The lowest BCUT2D eigenvalue weighted by Gasteiger charge is -2.24. The van der Waals surface area contributed by atoms with Gasteiger partial charge >= 0.3 is 0 Å². The number of Topliss-reactive ketones (excluding diaryl/α,β-unsaturated/α-hetero) is 1. The third-order valence-corrected chi connectivity index (χ3v) is 5.19. The van der Waals surface area contributed by atoms with Crippen molar-refractivity contribution in [3.05, 3.63) is 81.3 Å². The first-order valence-electron chi connectivity index (χ1n) is 7.82. The molecular weight excluding hydrogens is 318 g/mol. The van der Waals surface area contributed by atoms with Crippen LogP contribution in [0.2, 0.25) is 0 Å². The summed E-state index contributed by atoms with van der Waals surface area (Å²) in [6, 6.07) is 13.7. The van der Waals surface area contributed by atoms with Crippen LogP contribution >= 0.6 is 11.8 Å². The molecule has 0 aromatic heterocycles. The zero-order chi connectivity index (χ0) is 17.3. The van der Waals surface area contributed by atoms with E-state index in [1.54, 1.807) is 0 Å². The standard InChI is InChI=1S/C20H19NO2S/c1-12-9-13(2)18(14(3)10-12)19(23)16-11-17(22)21-20(24-16)15-7-5-4-6-8-15/h4-11,20H,1-3H3,(H,21,22). The fraction of sp³-hybridized carbons (Fsp3) is 0.200. The molecule has 1 unspecified atom stereocenters. The Morgan fingerprint density at radius 2 is 1.67 bits per heavy atom. The zero-order valence-electron chi connectivity index (χ0n) is 13.9. The van der Waals surface area contributed by atoms with E-state index in [4.69, 9.17) is 0 Å². The van der Waals surface area contributed by atoms with Gasteiger partial charge in [0.2, 0.25) is 5.91 Å². The maximum atomic E-state index is 13.0. The van der Waals surface area contributed by atoms with Gasteiger partial charge in [-0.3, -0.25) is 9.59 Å². The minimum absolute atomic E-state index is 0.0780. The molecule has 0 fully saturated rings. The van der Waals surface area contributed by atoms with Crippen LogP contribution in [0.25, 0.3) is 0 Å². The minimum Gasteiger partial charge on any atom is -0.336 e. The molecule has 4 heteroatoms. The maximum Gasteiger partial charge on any atom is 0.246 e. The highest BCUT2D eigenvalue weighted by molar-refractivity contribution is 8.04. The summed E-state index contributed by atoms with van der Waals surface area (Å²) in [6.45, 7) is 5.90. The maximum absolute atomic E-state index is 13.0. The van der Waals surface area contributed by atoms with Gasteiger partial charge in [-0.25, -0.2) is 0 Å². The Bertz CT molecular complexity index is 817. The Kier molecular flexibility index (Phi) is 4.58. The molecule has 1 heterocycles. The van der Waals surface area contributed by atoms with Gasteiger partial charge in [-0.15, -0.1) is 0 Å². The van der Waals surface area contributed by atoms with Crippen LogP contribution in [0.1, 0.15) is 38.0 Å². The van der Waals surface area contributed by atoms with E-state index in [1.807, 2.05) is 63.2 Å². The first-order chi connectivity index (χ1) is 11.5. The fourth-order valence-electron chi connectivity index (χ4n) is 3.04. The van der Waals surface area contributed by atoms with E-state index in [-0.39, 0.29) is 17.1 Å². The average molecular weight is 337 g/mol. The highest BCUT2D eigenvalue weighted by atomic mass is 32.2. The lowest BCUT2D eigenvalue weighted by molar-refractivity contribution is -0.116. The SMILES string of the molecule is Cc1cc(C)c(C(=O)C2=CC(=O)NC(c3ccccc3)S2)c(C)c1. The van der Waals surface area contributed by atoms with Gasteiger partial charge in [0.15, 0.2) is 5.78 Å². The van der Waals surface area contributed by atoms with E-state index in [1.165, 1.54) is 17.8 Å². The van der Waals surface area contributed by atoms with Crippen LogP contribution in [0.5, 0.6) is 0 Å². The summed E-state index contributed by atoms with van der Waals surface area (Å²) in [5.74, 6) is -0.306. The number of hydrogen-bond acceptors (Lipinski definition) is 3. The quantitative estimate of drug-likeness (QED) is 0.852. The van der Waals surface area contributed by atoms with E-state index in [0.29, 0.717) is 10.5 Å². The lowest BCUT2D eigenvalue weighted by Crippen LogP contribution is -2.29. The highest BCUT2D eigenvalue weighted by Gasteiger charge is 2.27. The average Bonchev–Trinajstić information content (AvgIpc) is 2.54. The molecule has 1 amide bonds. The third kappa shape index (κ3) is 3.29. The second kappa shape index (κ2) is 6.65. The molecule has 24 heavy (non-hydrogen) atoms. The van der Waals surface area contributed by atoms with Crippen molar-refractivity contribution < 1.29 is 9.59 Å². The van der Waals surface area contributed by atoms with E-state index in [0.717, 1.165) is 22.3 Å². The Morgan fingerprint density at radius 1 is 1.04 bits per heavy atom. The van der Waals surface area contributed by atoms with Crippen LogP contribution < -0.4 is 5.32 Å². The summed E-state index contributed by atoms with van der Waals surface area (Å²) in [6.07, 6.45) is 1.41. The molecule has 1 aliphatic rings. The number of allylic oxidation sites excluding steroid dienone is 1. The first-order valence-corrected chi connectivity index (χ1v) is 8.70. The second-order valence-corrected chi connectivity index (χ2v) is 7.18. The third-order valence-electron chi connectivity index (χ3n) is 4.01. The number of carbonyl (C=O) groups excluding carboxylic acids is 2. The Hall–Kier alpha value is -2.33. The molecule has 1 aliphatic heterocycles. The summed E-state index contributed by atoms with van der Waals surface area (Å²) in [5, 5.41) is 2.66. The Morgan fingerprint density at radius 3 is 2.29 bits per heavy atom. The molecule has 0 spiro atoms. The largest absolute Gasteiger partial charge is 0.336 e. The Balaban J connectivity index is 1.94. The molecular formula is C20H19NO2S. The van der Waals surface area contributed by atoms with Crippen molar-refractivity contribution in [1.29, 1.82) is 0 Å². The van der Waals surface area contributed by atoms with Crippen molar-refractivity contribution in [3.8, 4) is 0 Å². The van der Waals surface area contributed by atoms with Crippen molar-refractivity contribution in [3.63, 3.8) is 0 Å². The molecule has 1 N–H and O–H groups in total. The molecule has 122 valence electrons. The predicted molar refractivity (Wildman–Crippen MR) is 98.0 cm³/mol. The van der Waals surface area contributed by atoms with Crippen molar-refractivity contribution in [2.75, 3.05) is 0 Å². The lowest BCUT2D eigenvalue weighted by atomic mass is 9.96. The van der Waals surface area contributed by atoms with Gasteiger partial charge in [0.25, 0.3) is 0 Å². The molecule has 0 radical (unpaired) electrons. The highest BCUT2D eigenvalue weighted by Crippen LogP contribution is 2.37. The van der Waals surface area contributed by atoms with Gasteiger partial charge in [0.05, 0.1) is 4.91 Å². The number of nitrogens with one attached hydrogen (secondary N) is 1. The normalized spacial score (nSPS) is 17.2. The number of rotatable bonds is 3. The second-order valence-electron chi connectivity index (χ2n) is 6.03. The summed E-state index contributed by atoms with van der Waals surface area (Å²) in [5.41, 5.74) is 4.70. The monoisotopic (exact) mass is 337 g/mol. The van der Waals surface area contributed by atoms with Gasteiger partial charge in [-0.1, -0.05) is 59.8 Å². The van der Waals surface area contributed by atoms with Crippen molar-refractivity contribution in [2.45, 2.75) is 26.1 Å². The smallest absolute Gasteiger partial charge is 0.246 e. The van der Waals surface area contributed by atoms with Crippen LogP contribution in [0.3, 0.4) is 0 Å². The number of thioether (sulfide) groups is 1. The number of benzene rings is 2. The van der Waals surface area contributed by atoms with Crippen LogP contribution in [-0.4, -0.2) is 11.7 Å². The summed E-state index contributed by atoms with van der Waals surface area (Å²) in [7, 11) is 0. The van der Waals surface area contributed by atoms with E-state index in [9.17, 15) is 9.59 Å². The minimum atomic E-state index is -0.242. The molecule has 2 aromatic carbocycles. The van der Waals surface area contributed by atoms with Gasteiger partial charge < -0.3 is 5.32 Å². The summed E-state index contributed by atoms with van der Waals surface area (Å²) < 4.78 is 0. The van der Waals surface area contributed by atoms with Crippen LogP contribution in [0, 0.1) is 20.8 Å². The number of carbonyl (C=O) groups is 2. The first kappa shape index (κ1) is 16.5. The Labute approximate surface area is 146 Å². The molecule has 2 aromatic rings. The molecule has 3 nitrogen and oxygen atoms in total. The topological polar surface area (TPSA) is 46.2 Å². The van der Waals surface area contributed by atoms with E-state index >= 15 is 0 Å². The fourth-order valence-corrected chi connectivity index (χ4v) is 4.15. The molecule has 1 atom stereocenters. The van der Waals surface area contributed by atoms with Crippen molar-refractivity contribution in [2.24, 2.45) is 0 Å². The van der Waals surface area contributed by atoms with Crippen LogP contribution in [0.15, 0.2) is 53.4 Å². The number of ketones is 1. The number of aryl methyl sites for hydroxylation is 3. The molecule has 0 saturated carbocycles. The van der Waals surface area contributed by atoms with Gasteiger partial charge in [0.1, 0.15) is 5.37 Å². The number of amides is 1. The van der Waals surface area contributed by atoms with Gasteiger partial charge in [-0.2, -0.15) is 0 Å². The van der Waals surface area contributed by atoms with Crippen LogP contribution in [0.4, 0.5) is 0 Å². The molecule has 0 aliphatic carbocycles. The molecule has 0 bridgehead atoms. The number of hydrogen-bond donors (Lipinski definition) is 1. The van der Waals surface area contributed by atoms with Gasteiger partial charge in [0, 0.05) is 11.6 Å². The van der Waals surface area contributed by atoms with Crippen molar-refractivity contribution >= 4 is 23.5 Å². The van der Waals surface area contributed by atoms with E-state index in [2.05, 4.69) is 5.32 Å². The zero-order valence-corrected chi connectivity index (χ0v) is 14.7. The van der Waals surface area contributed by atoms with E-state index < -0.39 is 0 Å². The molecule has 3 rings (SSSR count). The summed E-state index contributed by atoms with van der Waals surface area (Å²) >= 11 is 1.39.